The van der Waals surface area contributed by atoms with Crippen molar-refractivity contribution in [2.24, 2.45) is 5.92 Å². The molecule has 154 valence electrons. The minimum absolute atomic E-state index is 0.122. The number of benzene rings is 1. The Morgan fingerprint density at radius 3 is 2.97 bits per heavy atom. The molecule has 6 nitrogen and oxygen atoms in total. The van der Waals surface area contributed by atoms with Gasteiger partial charge in [-0.3, -0.25) is 14.7 Å². The summed E-state index contributed by atoms with van der Waals surface area (Å²) in [5, 5.41) is 1.08. The maximum Gasteiger partial charge on any atom is 0.226 e. The summed E-state index contributed by atoms with van der Waals surface area (Å²) in [6.45, 7) is 9.33. The van der Waals surface area contributed by atoms with Gasteiger partial charge in [-0.2, -0.15) is 0 Å². The third-order valence-electron chi connectivity index (χ3n) is 6.76. The number of fused-ring (bicyclic) bond motifs is 1. The lowest BCUT2D eigenvalue weighted by Crippen LogP contribution is -2.50. The van der Waals surface area contributed by atoms with Crippen molar-refractivity contribution in [1.82, 2.24) is 14.8 Å². The van der Waals surface area contributed by atoms with Gasteiger partial charge in [0.2, 0.25) is 5.91 Å². The zero-order valence-corrected chi connectivity index (χ0v) is 17.4. The van der Waals surface area contributed by atoms with E-state index in [-0.39, 0.29) is 18.0 Å². The third-order valence-corrected chi connectivity index (χ3v) is 6.76. The first kappa shape index (κ1) is 18.8. The lowest BCUT2D eigenvalue weighted by Gasteiger charge is -2.34. The van der Waals surface area contributed by atoms with Crippen LogP contribution in [0, 0.1) is 5.92 Å². The van der Waals surface area contributed by atoms with Gasteiger partial charge >= 0.3 is 0 Å². The van der Waals surface area contributed by atoms with Crippen LogP contribution in [0.3, 0.4) is 0 Å². The summed E-state index contributed by atoms with van der Waals surface area (Å²) in [6.07, 6.45) is 1.44. The van der Waals surface area contributed by atoms with Crippen molar-refractivity contribution in [3.8, 4) is 5.75 Å². The third kappa shape index (κ3) is 2.92. The zero-order chi connectivity index (χ0) is 20.2. The Morgan fingerprint density at radius 1 is 1.31 bits per heavy atom. The molecule has 5 rings (SSSR count). The molecule has 6 heteroatoms. The van der Waals surface area contributed by atoms with E-state index in [0.717, 1.165) is 41.9 Å². The normalized spacial score (nSPS) is 29.1. The molecule has 1 aromatic carbocycles. The van der Waals surface area contributed by atoms with Gasteiger partial charge in [-0.25, -0.2) is 0 Å². The number of carbonyl (C=O) groups excluding carboxylic acids is 1. The summed E-state index contributed by atoms with van der Waals surface area (Å²) >= 11 is 0. The van der Waals surface area contributed by atoms with E-state index in [0.29, 0.717) is 25.6 Å². The summed E-state index contributed by atoms with van der Waals surface area (Å²) < 4.78 is 11.9. The van der Waals surface area contributed by atoms with Crippen molar-refractivity contribution < 1.29 is 14.3 Å². The largest absolute Gasteiger partial charge is 0.494 e. The molecule has 1 spiro atoms. The Kier molecular flexibility index (Phi) is 4.51. The van der Waals surface area contributed by atoms with Crippen LogP contribution in [-0.2, 0) is 16.1 Å². The van der Waals surface area contributed by atoms with Crippen molar-refractivity contribution in [3.05, 3.63) is 36.0 Å². The first-order chi connectivity index (χ1) is 14.0. The molecule has 0 N–H and O–H groups in total. The average Bonchev–Trinajstić information content (AvgIpc) is 3.32. The van der Waals surface area contributed by atoms with Gasteiger partial charge in [-0.05, 0) is 37.1 Å². The maximum atomic E-state index is 12.8. The van der Waals surface area contributed by atoms with Crippen molar-refractivity contribution >= 4 is 16.8 Å². The topological polar surface area (TPSA) is 54.9 Å². The predicted octanol–water partition coefficient (Wildman–Crippen LogP) is 3.19. The molecular weight excluding hydrogens is 366 g/mol. The van der Waals surface area contributed by atoms with E-state index in [1.807, 2.05) is 25.1 Å². The zero-order valence-electron chi connectivity index (χ0n) is 17.4. The molecule has 0 bridgehead atoms. The van der Waals surface area contributed by atoms with Gasteiger partial charge in [0.25, 0.3) is 0 Å². The van der Waals surface area contributed by atoms with Crippen molar-refractivity contribution in [1.29, 1.82) is 0 Å². The van der Waals surface area contributed by atoms with Crippen LogP contribution in [0.25, 0.3) is 10.9 Å². The van der Waals surface area contributed by atoms with Crippen LogP contribution >= 0.6 is 0 Å². The number of aromatic nitrogens is 1. The van der Waals surface area contributed by atoms with Gasteiger partial charge in [0.1, 0.15) is 5.75 Å². The van der Waals surface area contributed by atoms with Gasteiger partial charge in [-0.1, -0.05) is 19.9 Å². The second-order valence-corrected chi connectivity index (χ2v) is 8.76. The monoisotopic (exact) mass is 395 g/mol. The predicted molar refractivity (Wildman–Crippen MR) is 110 cm³/mol. The molecule has 29 heavy (non-hydrogen) atoms. The highest BCUT2D eigenvalue weighted by Crippen LogP contribution is 2.49. The fourth-order valence-electron chi connectivity index (χ4n) is 5.34. The van der Waals surface area contributed by atoms with Crippen LogP contribution in [0.5, 0.6) is 5.75 Å². The summed E-state index contributed by atoms with van der Waals surface area (Å²) in [5.74, 6) is 1.53. The van der Waals surface area contributed by atoms with Crippen LogP contribution in [0.2, 0.25) is 0 Å². The number of hydrogen-bond donors (Lipinski definition) is 0. The van der Waals surface area contributed by atoms with E-state index in [1.165, 1.54) is 0 Å². The lowest BCUT2D eigenvalue weighted by molar-refractivity contribution is -0.139. The van der Waals surface area contributed by atoms with Crippen molar-refractivity contribution in [2.75, 3.05) is 19.8 Å². The minimum atomic E-state index is -0.421. The highest BCUT2D eigenvalue weighted by Gasteiger charge is 2.64. The van der Waals surface area contributed by atoms with E-state index in [1.54, 1.807) is 0 Å². The number of rotatable bonds is 5. The molecule has 2 aromatic rings. The Morgan fingerprint density at radius 2 is 2.17 bits per heavy atom. The van der Waals surface area contributed by atoms with Crippen LogP contribution in [0.1, 0.15) is 39.3 Å². The van der Waals surface area contributed by atoms with Gasteiger partial charge in [0, 0.05) is 31.3 Å². The molecule has 0 radical (unpaired) electrons. The summed E-state index contributed by atoms with van der Waals surface area (Å²) in [6, 6.07) is 10.5. The second-order valence-electron chi connectivity index (χ2n) is 8.76. The van der Waals surface area contributed by atoms with Crippen molar-refractivity contribution in [3.63, 3.8) is 0 Å². The lowest BCUT2D eigenvalue weighted by atomic mass is 10.0. The second kappa shape index (κ2) is 6.96. The molecule has 0 unspecified atom stereocenters. The fourth-order valence-corrected chi connectivity index (χ4v) is 5.34. The van der Waals surface area contributed by atoms with E-state index in [2.05, 4.69) is 35.8 Å². The first-order valence-corrected chi connectivity index (χ1v) is 10.7. The average molecular weight is 396 g/mol. The fraction of sp³-hybridized carbons (Fsp3) is 0.565. The van der Waals surface area contributed by atoms with Gasteiger partial charge < -0.3 is 14.4 Å². The Hall–Kier alpha value is -2.18. The number of likely N-dealkylation sites (tertiary alicyclic amines) is 1. The molecule has 1 amide bonds. The minimum Gasteiger partial charge on any atom is -0.494 e. The van der Waals surface area contributed by atoms with Crippen molar-refractivity contribution in [2.45, 2.75) is 58.0 Å². The number of nitrogens with zero attached hydrogens (tertiary/aromatic N) is 3. The van der Waals surface area contributed by atoms with Crippen LogP contribution in [0.4, 0.5) is 0 Å². The molecule has 3 aliphatic heterocycles. The standard InChI is InChI=1S/C23H29N3O3/c1-4-28-18-7-8-19-16(11-18)5-6-17(24-19)13-25-10-9-23-21(25)12-22(27)26(23)20(14-29-23)15(2)3/h5-8,11,15,20-21H,4,9-10,12-14H2,1-3H3/t20-,21+,23-/m0/s1. The Labute approximate surface area is 171 Å². The van der Waals surface area contributed by atoms with Crippen LogP contribution in [0.15, 0.2) is 30.3 Å². The highest BCUT2D eigenvalue weighted by molar-refractivity contribution is 5.82. The summed E-state index contributed by atoms with van der Waals surface area (Å²) in [4.78, 5) is 22.2. The van der Waals surface area contributed by atoms with Gasteiger partial charge in [0.15, 0.2) is 5.72 Å². The quantitative estimate of drug-likeness (QED) is 0.778. The number of amides is 1. The molecule has 3 atom stereocenters. The van der Waals surface area contributed by atoms with Crippen LogP contribution in [-0.4, -0.2) is 58.3 Å². The molecule has 0 saturated carbocycles. The van der Waals surface area contributed by atoms with Gasteiger partial charge in [0.05, 0.1) is 36.5 Å². The van der Waals surface area contributed by atoms with E-state index in [4.69, 9.17) is 14.5 Å². The SMILES string of the molecule is CCOc1ccc2nc(CN3CC[C@@]45OC[C@@H](C(C)C)N4C(=O)C[C@@H]35)ccc2c1. The molecule has 0 aliphatic carbocycles. The number of pyridine rings is 1. The molecule has 3 aliphatic rings. The summed E-state index contributed by atoms with van der Waals surface area (Å²) in [5.41, 5.74) is 1.58. The molecule has 4 heterocycles. The molecule has 3 saturated heterocycles. The Bertz CT molecular complexity index is 946. The highest BCUT2D eigenvalue weighted by atomic mass is 16.5. The van der Waals surface area contributed by atoms with E-state index >= 15 is 0 Å². The van der Waals surface area contributed by atoms with E-state index in [9.17, 15) is 4.79 Å². The van der Waals surface area contributed by atoms with E-state index < -0.39 is 5.72 Å². The number of hydrogen-bond acceptors (Lipinski definition) is 5. The molecular formula is C23H29N3O3. The first-order valence-electron chi connectivity index (χ1n) is 10.7. The Balaban J connectivity index is 1.37. The number of ether oxygens (including phenoxy) is 2. The molecule has 1 aromatic heterocycles. The summed E-state index contributed by atoms with van der Waals surface area (Å²) in [7, 11) is 0. The number of carbonyl (C=O) groups is 1. The maximum absolute atomic E-state index is 12.8. The van der Waals surface area contributed by atoms with Crippen LogP contribution < -0.4 is 4.74 Å². The molecule has 3 fully saturated rings. The smallest absolute Gasteiger partial charge is 0.226 e. The van der Waals surface area contributed by atoms with Gasteiger partial charge in [-0.15, -0.1) is 0 Å².